The minimum Gasteiger partial charge on any atom is -0.461 e. The van der Waals surface area contributed by atoms with Gasteiger partial charge in [-0.05, 0) is 12.8 Å². The highest BCUT2D eigenvalue weighted by Gasteiger charge is 2.13. The second kappa shape index (κ2) is 3.06. The molecule has 14 heavy (non-hydrogen) atoms. The van der Waals surface area contributed by atoms with Crippen molar-refractivity contribution in [1.82, 2.24) is 5.01 Å². The molecule has 1 aliphatic heterocycles. The molecule has 0 saturated carbocycles. The lowest BCUT2D eigenvalue weighted by atomic mass is 10.4. The van der Waals surface area contributed by atoms with E-state index < -0.39 is 0 Å². The van der Waals surface area contributed by atoms with Crippen LogP contribution >= 0.6 is 0 Å². The fourth-order valence-electron chi connectivity index (χ4n) is 1.81. The number of rotatable bonds is 2. The molecular formula is C10H12N2O2. The molecule has 3 rings (SSSR count). The van der Waals surface area contributed by atoms with Gasteiger partial charge in [-0.2, -0.15) is 0 Å². The zero-order valence-electron chi connectivity index (χ0n) is 7.82. The number of furan rings is 2. The fourth-order valence-corrected chi connectivity index (χ4v) is 1.81. The lowest BCUT2D eigenvalue weighted by Crippen LogP contribution is -2.25. The lowest BCUT2D eigenvalue weighted by Gasteiger charge is -2.14. The summed E-state index contributed by atoms with van der Waals surface area (Å²) < 4.78 is 10.7. The average Bonchev–Trinajstić information content (AvgIpc) is 2.78. The Morgan fingerprint density at radius 2 is 2.07 bits per heavy atom. The topological polar surface area (TPSA) is 41.6 Å². The highest BCUT2D eigenvalue weighted by atomic mass is 16.4. The predicted octanol–water partition coefficient (Wildman–Crippen LogP) is 2.45. The molecule has 0 aromatic carbocycles. The van der Waals surface area contributed by atoms with Gasteiger partial charge >= 0.3 is 0 Å². The number of hydrogen-bond acceptors (Lipinski definition) is 4. The third kappa shape index (κ3) is 1.28. The fraction of sp³-hybridized carbons (Fsp3) is 0.400. The Bertz CT molecular complexity index is 397. The molecule has 2 aromatic rings. The quantitative estimate of drug-likeness (QED) is 0.793. The number of nitrogens with one attached hydrogen (secondary N) is 1. The zero-order valence-corrected chi connectivity index (χ0v) is 7.82. The van der Waals surface area contributed by atoms with Crippen molar-refractivity contribution in [2.24, 2.45) is 0 Å². The first kappa shape index (κ1) is 7.94. The third-order valence-corrected chi connectivity index (χ3v) is 2.51. The van der Waals surface area contributed by atoms with Crippen LogP contribution < -0.4 is 5.43 Å². The molecule has 1 saturated heterocycles. The summed E-state index contributed by atoms with van der Waals surface area (Å²) in [7, 11) is 0. The van der Waals surface area contributed by atoms with Gasteiger partial charge in [-0.3, -0.25) is 5.43 Å². The molecule has 74 valence electrons. The van der Waals surface area contributed by atoms with E-state index in [1.165, 1.54) is 12.8 Å². The maximum Gasteiger partial charge on any atom is 0.211 e. The molecule has 4 heteroatoms. The average molecular weight is 192 g/mol. The molecular weight excluding hydrogens is 180 g/mol. The van der Waals surface area contributed by atoms with Gasteiger partial charge in [-0.1, -0.05) is 0 Å². The van der Waals surface area contributed by atoms with E-state index in [1.807, 2.05) is 12.1 Å². The molecule has 2 aromatic heterocycles. The highest BCUT2D eigenvalue weighted by Crippen LogP contribution is 2.24. The second-order valence-corrected chi connectivity index (χ2v) is 3.57. The molecule has 1 N–H and O–H groups in total. The van der Waals surface area contributed by atoms with Crippen molar-refractivity contribution in [2.75, 3.05) is 18.5 Å². The molecule has 1 aliphatic rings. The van der Waals surface area contributed by atoms with Crippen LogP contribution in [0.2, 0.25) is 0 Å². The van der Waals surface area contributed by atoms with Crippen LogP contribution in [0.4, 0.5) is 5.88 Å². The van der Waals surface area contributed by atoms with Crippen LogP contribution in [0, 0.1) is 0 Å². The summed E-state index contributed by atoms with van der Waals surface area (Å²) in [6.45, 7) is 2.17. The predicted molar refractivity (Wildman–Crippen MR) is 52.9 cm³/mol. The monoisotopic (exact) mass is 192 g/mol. The summed E-state index contributed by atoms with van der Waals surface area (Å²) in [5.74, 6) is 0.765. The van der Waals surface area contributed by atoms with Gasteiger partial charge in [0.2, 0.25) is 5.88 Å². The third-order valence-electron chi connectivity index (χ3n) is 2.51. The molecule has 4 nitrogen and oxygen atoms in total. The van der Waals surface area contributed by atoms with E-state index in [1.54, 1.807) is 6.26 Å². The summed E-state index contributed by atoms with van der Waals surface area (Å²) in [6.07, 6.45) is 4.14. The summed E-state index contributed by atoms with van der Waals surface area (Å²) in [5, 5.41) is 2.16. The Hall–Kier alpha value is -1.42. The Labute approximate surface area is 81.4 Å². The van der Waals surface area contributed by atoms with Crippen molar-refractivity contribution in [1.29, 1.82) is 0 Å². The smallest absolute Gasteiger partial charge is 0.211 e. The first-order valence-electron chi connectivity index (χ1n) is 4.90. The van der Waals surface area contributed by atoms with Gasteiger partial charge in [0, 0.05) is 25.2 Å². The summed E-state index contributed by atoms with van der Waals surface area (Å²) >= 11 is 0. The van der Waals surface area contributed by atoms with Gasteiger partial charge in [0.1, 0.15) is 0 Å². The van der Waals surface area contributed by atoms with Crippen LogP contribution in [0.3, 0.4) is 0 Å². The van der Waals surface area contributed by atoms with E-state index in [-0.39, 0.29) is 0 Å². The van der Waals surface area contributed by atoms with Gasteiger partial charge in [0.15, 0.2) is 11.2 Å². The summed E-state index contributed by atoms with van der Waals surface area (Å²) in [5.41, 5.74) is 4.82. The van der Waals surface area contributed by atoms with Crippen molar-refractivity contribution >= 4 is 17.1 Å². The van der Waals surface area contributed by atoms with Crippen LogP contribution in [0.5, 0.6) is 0 Å². The SMILES string of the molecule is c1cc2oc(NN3CCCC3)cc2o1. The summed E-state index contributed by atoms with van der Waals surface area (Å²) in [6, 6.07) is 3.71. The first-order chi connectivity index (χ1) is 6.92. The van der Waals surface area contributed by atoms with E-state index in [0.29, 0.717) is 0 Å². The molecule has 0 aliphatic carbocycles. The number of anilines is 1. The first-order valence-corrected chi connectivity index (χ1v) is 4.90. The maximum atomic E-state index is 5.52. The minimum atomic E-state index is 0.765. The number of hydrogen-bond donors (Lipinski definition) is 1. The van der Waals surface area contributed by atoms with Gasteiger partial charge in [-0.25, -0.2) is 5.01 Å². The van der Waals surface area contributed by atoms with Gasteiger partial charge < -0.3 is 8.83 Å². The van der Waals surface area contributed by atoms with Crippen LogP contribution in [-0.4, -0.2) is 18.1 Å². The van der Waals surface area contributed by atoms with Crippen molar-refractivity contribution in [3.63, 3.8) is 0 Å². The molecule has 0 atom stereocenters. The van der Waals surface area contributed by atoms with Crippen molar-refractivity contribution in [2.45, 2.75) is 12.8 Å². The molecule has 0 radical (unpaired) electrons. The molecule has 0 spiro atoms. The maximum absolute atomic E-state index is 5.52. The molecule has 3 heterocycles. The van der Waals surface area contributed by atoms with Crippen LogP contribution in [-0.2, 0) is 0 Å². The summed E-state index contributed by atoms with van der Waals surface area (Å²) in [4.78, 5) is 0. The number of nitrogens with zero attached hydrogens (tertiary/aromatic N) is 1. The highest BCUT2D eigenvalue weighted by molar-refractivity contribution is 5.74. The Kier molecular flexibility index (Phi) is 1.73. The van der Waals surface area contributed by atoms with Crippen LogP contribution in [0.1, 0.15) is 12.8 Å². The molecule has 0 bridgehead atoms. The van der Waals surface area contributed by atoms with Crippen LogP contribution in [0.25, 0.3) is 11.2 Å². The normalized spacial score (nSPS) is 18.0. The molecule has 0 amide bonds. The Morgan fingerprint density at radius 1 is 1.21 bits per heavy atom. The standard InChI is InChI=1S/C10H12N2O2/c1-2-5-12(4-1)11-10-7-9-8(14-10)3-6-13-9/h3,6-7,11H,1-2,4-5H2. The van der Waals surface area contributed by atoms with Gasteiger partial charge in [0.05, 0.1) is 6.26 Å². The van der Waals surface area contributed by atoms with Crippen molar-refractivity contribution < 1.29 is 8.83 Å². The zero-order chi connectivity index (χ0) is 9.38. The molecule has 0 unspecified atom stereocenters. The van der Waals surface area contributed by atoms with E-state index in [9.17, 15) is 0 Å². The van der Waals surface area contributed by atoms with Crippen molar-refractivity contribution in [3.05, 3.63) is 18.4 Å². The van der Waals surface area contributed by atoms with Crippen molar-refractivity contribution in [3.8, 4) is 0 Å². The van der Waals surface area contributed by atoms with Gasteiger partial charge in [0.25, 0.3) is 0 Å². The van der Waals surface area contributed by atoms with Gasteiger partial charge in [-0.15, -0.1) is 0 Å². The Balaban J connectivity index is 1.80. The second-order valence-electron chi connectivity index (χ2n) is 3.57. The van der Waals surface area contributed by atoms with E-state index >= 15 is 0 Å². The molecule has 1 fully saturated rings. The van der Waals surface area contributed by atoms with E-state index in [2.05, 4.69) is 10.4 Å². The number of hydrazine groups is 1. The lowest BCUT2D eigenvalue weighted by molar-refractivity contribution is 0.392. The van der Waals surface area contributed by atoms with Crippen LogP contribution in [0.15, 0.2) is 27.2 Å². The largest absolute Gasteiger partial charge is 0.461 e. The minimum absolute atomic E-state index is 0.765. The van der Waals surface area contributed by atoms with E-state index in [0.717, 1.165) is 30.1 Å². The Morgan fingerprint density at radius 3 is 2.86 bits per heavy atom. The number of fused-ring (bicyclic) bond motifs is 1. The van der Waals surface area contributed by atoms with E-state index in [4.69, 9.17) is 8.83 Å².